The molecule has 0 radical (unpaired) electrons. The van der Waals surface area contributed by atoms with Gasteiger partial charge in [-0.15, -0.1) is 11.3 Å². The smallest absolute Gasteiger partial charge is 0.258 e. The van der Waals surface area contributed by atoms with Gasteiger partial charge in [-0.05, 0) is 111 Å². The third-order valence-corrected chi connectivity index (χ3v) is 10.9. The van der Waals surface area contributed by atoms with Crippen LogP contribution in [0.4, 0.5) is 10.7 Å². The molecule has 2 N–H and O–H groups in total. The van der Waals surface area contributed by atoms with E-state index in [4.69, 9.17) is 0 Å². The van der Waals surface area contributed by atoms with E-state index in [9.17, 15) is 9.59 Å². The molecule has 4 fully saturated rings. The summed E-state index contributed by atoms with van der Waals surface area (Å²) in [5.74, 6) is 2.83. The van der Waals surface area contributed by atoms with Gasteiger partial charge in [-0.1, -0.05) is 38.5 Å². The summed E-state index contributed by atoms with van der Waals surface area (Å²) in [5, 5.41) is 7.28. The van der Waals surface area contributed by atoms with Gasteiger partial charge < -0.3 is 10.6 Å². The van der Waals surface area contributed by atoms with Gasteiger partial charge in [0.05, 0.1) is 11.0 Å². The lowest BCUT2D eigenvalue weighted by molar-refractivity contribution is -0.140. The number of nitrogens with one attached hydrogen (secondary N) is 2. The van der Waals surface area contributed by atoms with Crippen molar-refractivity contribution in [2.75, 3.05) is 10.6 Å². The molecule has 4 bridgehead atoms. The average Bonchev–Trinajstić information content (AvgIpc) is 3.16. The maximum absolute atomic E-state index is 13.9. The number of carbonyl (C=O) groups is 2. The minimum Gasteiger partial charge on any atom is -0.322 e. The van der Waals surface area contributed by atoms with Crippen LogP contribution in [0, 0.1) is 41.4 Å². The zero-order valence-electron chi connectivity index (χ0n) is 22.2. The fourth-order valence-corrected chi connectivity index (χ4v) is 9.43. The molecular weight excluding hydrogens is 464 g/mol. The maximum Gasteiger partial charge on any atom is 0.258 e. The number of thiophene rings is 1. The van der Waals surface area contributed by atoms with E-state index in [0.29, 0.717) is 11.5 Å². The van der Waals surface area contributed by atoms with E-state index in [2.05, 4.69) is 31.4 Å². The summed E-state index contributed by atoms with van der Waals surface area (Å²) in [6, 6.07) is 7.94. The Morgan fingerprint density at radius 1 is 0.944 bits per heavy atom. The van der Waals surface area contributed by atoms with Crippen LogP contribution in [-0.2, 0) is 17.6 Å². The first kappa shape index (κ1) is 24.2. The molecule has 4 saturated carbocycles. The molecule has 2 aromatic rings. The molecule has 1 aromatic carbocycles. The Kier molecular flexibility index (Phi) is 5.86. The first-order valence-electron chi connectivity index (χ1n) is 13.9. The number of amides is 2. The van der Waals surface area contributed by atoms with Gasteiger partial charge in [-0.25, -0.2) is 0 Å². The summed E-state index contributed by atoms with van der Waals surface area (Å²) < 4.78 is 0. The Labute approximate surface area is 219 Å². The van der Waals surface area contributed by atoms with Crippen molar-refractivity contribution in [1.82, 2.24) is 0 Å². The first-order chi connectivity index (χ1) is 17.1. The fraction of sp³-hybridized carbons (Fsp3) is 0.613. The van der Waals surface area contributed by atoms with E-state index in [1.165, 1.54) is 24.1 Å². The molecule has 4 nitrogen and oxygen atoms in total. The fourth-order valence-electron chi connectivity index (χ4n) is 8.11. The van der Waals surface area contributed by atoms with Gasteiger partial charge in [0.2, 0.25) is 5.91 Å². The molecule has 1 aromatic heterocycles. The normalized spacial score (nSPS) is 30.7. The lowest BCUT2D eigenvalue weighted by Gasteiger charge is -2.55. The van der Waals surface area contributed by atoms with E-state index in [1.54, 1.807) is 11.3 Å². The molecule has 192 valence electrons. The van der Waals surface area contributed by atoms with Gasteiger partial charge in [-0.3, -0.25) is 9.59 Å². The Hall–Kier alpha value is -2.14. The van der Waals surface area contributed by atoms with Crippen molar-refractivity contribution in [3.63, 3.8) is 0 Å². The van der Waals surface area contributed by atoms with Crippen molar-refractivity contribution in [1.29, 1.82) is 0 Å². The zero-order valence-corrected chi connectivity index (χ0v) is 23.0. The average molecular weight is 505 g/mol. The van der Waals surface area contributed by atoms with Crippen LogP contribution >= 0.6 is 11.3 Å². The van der Waals surface area contributed by atoms with Crippen LogP contribution in [-0.4, -0.2) is 11.8 Å². The lowest BCUT2D eigenvalue weighted by atomic mass is 9.49. The SMILES string of the molecule is Cc1ccc(NC(=O)c2c(NC(=O)C34CC5CC(CC(C5)C3)C4)sc3c2CC[C@H](C(C)(C)C)C3)cc1. The Morgan fingerprint density at radius 3 is 2.14 bits per heavy atom. The second-order valence-corrected chi connectivity index (χ2v) is 14.6. The van der Waals surface area contributed by atoms with Crippen molar-refractivity contribution < 1.29 is 9.59 Å². The van der Waals surface area contributed by atoms with E-state index >= 15 is 0 Å². The molecule has 1 heterocycles. The molecular formula is C31H40N2O2S. The molecule has 0 spiro atoms. The van der Waals surface area contributed by atoms with Gasteiger partial charge >= 0.3 is 0 Å². The highest BCUT2D eigenvalue weighted by Crippen LogP contribution is 2.60. The lowest BCUT2D eigenvalue weighted by Crippen LogP contribution is -2.51. The number of hydrogen-bond acceptors (Lipinski definition) is 3. The molecule has 5 heteroatoms. The van der Waals surface area contributed by atoms with E-state index in [-0.39, 0.29) is 22.6 Å². The number of rotatable bonds is 4. The summed E-state index contributed by atoms with van der Waals surface area (Å²) >= 11 is 1.66. The molecule has 0 aliphatic heterocycles. The minimum atomic E-state index is -0.224. The van der Waals surface area contributed by atoms with Crippen molar-refractivity contribution in [3.05, 3.63) is 45.8 Å². The molecule has 5 aliphatic rings. The van der Waals surface area contributed by atoms with Gasteiger partial charge in [0, 0.05) is 10.6 Å². The molecule has 0 saturated heterocycles. The van der Waals surface area contributed by atoms with Crippen molar-refractivity contribution in [2.24, 2.45) is 34.5 Å². The van der Waals surface area contributed by atoms with Crippen LogP contribution in [0.3, 0.4) is 0 Å². The number of benzene rings is 1. The third-order valence-electron chi connectivity index (χ3n) is 9.77. The summed E-state index contributed by atoms with van der Waals surface area (Å²) in [6.07, 6.45) is 10.0. The molecule has 2 amide bonds. The van der Waals surface area contributed by atoms with E-state index in [1.807, 2.05) is 31.2 Å². The summed E-state index contributed by atoms with van der Waals surface area (Å²) in [7, 11) is 0. The zero-order chi connectivity index (χ0) is 25.2. The highest BCUT2D eigenvalue weighted by Gasteiger charge is 2.54. The summed E-state index contributed by atoms with van der Waals surface area (Å²) in [5.41, 5.74) is 3.84. The van der Waals surface area contributed by atoms with Crippen molar-refractivity contribution in [3.8, 4) is 0 Å². The minimum absolute atomic E-state index is 0.0913. The summed E-state index contributed by atoms with van der Waals surface area (Å²) in [4.78, 5) is 28.9. The van der Waals surface area contributed by atoms with Gasteiger partial charge in [-0.2, -0.15) is 0 Å². The quantitative estimate of drug-likeness (QED) is 0.450. The van der Waals surface area contributed by atoms with E-state index < -0.39 is 0 Å². The van der Waals surface area contributed by atoms with Crippen LogP contribution in [0.1, 0.15) is 92.1 Å². The van der Waals surface area contributed by atoms with Crippen LogP contribution in [0.5, 0.6) is 0 Å². The molecule has 36 heavy (non-hydrogen) atoms. The number of fused-ring (bicyclic) bond motifs is 1. The predicted octanol–water partition coefficient (Wildman–Crippen LogP) is 7.61. The highest BCUT2D eigenvalue weighted by molar-refractivity contribution is 7.17. The Balaban J connectivity index is 1.31. The third kappa shape index (κ3) is 4.31. The number of anilines is 2. The first-order valence-corrected chi connectivity index (χ1v) is 14.8. The van der Waals surface area contributed by atoms with Crippen molar-refractivity contribution >= 4 is 33.8 Å². The highest BCUT2D eigenvalue weighted by atomic mass is 32.1. The van der Waals surface area contributed by atoms with Gasteiger partial charge in [0.25, 0.3) is 5.91 Å². The molecule has 0 unspecified atom stereocenters. The van der Waals surface area contributed by atoms with Crippen LogP contribution in [0.25, 0.3) is 0 Å². The Morgan fingerprint density at radius 2 is 1.56 bits per heavy atom. The van der Waals surface area contributed by atoms with Crippen LogP contribution < -0.4 is 10.6 Å². The van der Waals surface area contributed by atoms with Gasteiger partial charge in [0.1, 0.15) is 5.00 Å². The van der Waals surface area contributed by atoms with Crippen molar-refractivity contribution in [2.45, 2.75) is 85.5 Å². The number of hydrogen-bond donors (Lipinski definition) is 2. The monoisotopic (exact) mass is 504 g/mol. The number of aryl methyl sites for hydroxylation is 1. The Bertz CT molecular complexity index is 1150. The maximum atomic E-state index is 13.9. The molecule has 7 rings (SSSR count). The van der Waals surface area contributed by atoms with Crippen LogP contribution in [0.15, 0.2) is 24.3 Å². The van der Waals surface area contributed by atoms with Crippen LogP contribution in [0.2, 0.25) is 0 Å². The second-order valence-electron chi connectivity index (χ2n) is 13.5. The molecule has 5 aliphatic carbocycles. The standard InChI is InChI=1S/C31H40N2O2S/c1-18-5-8-23(9-6-18)32-27(34)26-24-10-7-22(30(2,3)4)14-25(24)36-28(26)33-29(35)31-15-19-11-20(16-31)13-21(12-19)17-31/h5-6,8-9,19-22H,7,10-17H2,1-4H3,(H,32,34)(H,33,35)/t19?,20?,21?,22-,31?/m0/s1. The second kappa shape index (κ2) is 8.72. The molecule has 1 atom stereocenters. The van der Waals surface area contributed by atoms with E-state index in [0.717, 1.165) is 78.1 Å². The summed E-state index contributed by atoms with van der Waals surface area (Å²) in [6.45, 7) is 9.00. The largest absolute Gasteiger partial charge is 0.322 e. The van der Waals surface area contributed by atoms with Gasteiger partial charge in [0.15, 0.2) is 0 Å². The predicted molar refractivity (Wildman–Crippen MR) is 148 cm³/mol. The number of carbonyl (C=O) groups excluding carboxylic acids is 2. The topological polar surface area (TPSA) is 58.2 Å².